The lowest BCUT2D eigenvalue weighted by atomic mass is 10.2. The molecule has 1 heterocycles. The fourth-order valence-corrected chi connectivity index (χ4v) is 4.93. The molecule has 3 aromatic rings. The summed E-state index contributed by atoms with van der Waals surface area (Å²) < 4.78 is 12.0. The standard InChI is InChI=1S/C27H24IN3O4S/c1-16-4-8-19(9-5-16)29-24(32)15-35-25-21(28)12-18(13-22(25)34-3)14-23-26(33)31-27(36-23)30-20-10-6-17(2)7-11-20/h4-14H,15H2,1-3H3,(H,29,32)(H,30,31,33)/b23-14+. The quantitative estimate of drug-likeness (QED) is 0.259. The van der Waals surface area contributed by atoms with Crippen LogP contribution in [0.1, 0.15) is 16.7 Å². The van der Waals surface area contributed by atoms with E-state index in [0.717, 1.165) is 25.9 Å². The summed E-state index contributed by atoms with van der Waals surface area (Å²) in [4.78, 5) is 29.9. The first-order valence-electron chi connectivity index (χ1n) is 11.0. The van der Waals surface area contributed by atoms with E-state index in [9.17, 15) is 9.59 Å². The van der Waals surface area contributed by atoms with E-state index < -0.39 is 0 Å². The molecule has 1 aliphatic heterocycles. The molecule has 2 N–H and O–H groups in total. The van der Waals surface area contributed by atoms with Crippen molar-refractivity contribution >= 4 is 68.8 Å². The number of benzene rings is 3. The normalized spacial score (nSPS) is 15.2. The summed E-state index contributed by atoms with van der Waals surface area (Å²) in [6, 6.07) is 18.9. The molecule has 0 atom stereocenters. The van der Waals surface area contributed by atoms with E-state index >= 15 is 0 Å². The topological polar surface area (TPSA) is 89.0 Å². The molecule has 4 rings (SSSR count). The maximum atomic E-state index is 12.5. The number of amides is 2. The van der Waals surface area contributed by atoms with Crippen LogP contribution in [0.25, 0.3) is 6.08 Å². The fourth-order valence-electron chi connectivity index (χ4n) is 3.30. The van der Waals surface area contributed by atoms with Crippen molar-refractivity contribution in [1.82, 2.24) is 5.32 Å². The lowest BCUT2D eigenvalue weighted by molar-refractivity contribution is -0.118. The van der Waals surface area contributed by atoms with E-state index in [-0.39, 0.29) is 18.4 Å². The molecular weight excluding hydrogens is 589 g/mol. The highest BCUT2D eigenvalue weighted by Gasteiger charge is 2.24. The van der Waals surface area contributed by atoms with Gasteiger partial charge in [-0.3, -0.25) is 9.59 Å². The molecular formula is C27H24IN3O4S. The molecule has 0 aliphatic carbocycles. The third-order valence-electron chi connectivity index (χ3n) is 5.15. The number of ether oxygens (including phenoxy) is 2. The minimum Gasteiger partial charge on any atom is -0.493 e. The number of carbonyl (C=O) groups is 2. The van der Waals surface area contributed by atoms with E-state index in [0.29, 0.717) is 27.3 Å². The monoisotopic (exact) mass is 613 g/mol. The van der Waals surface area contributed by atoms with Crippen molar-refractivity contribution in [3.05, 3.63) is 85.8 Å². The summed E-state index contributed by atoms with van der Waals surface area (Å²) in [5.74, 6) is 0.438. The third kappa shape index (κ3) is 6.67. The number of carbonyl (C=O) groups excluding carboxylic acids is 2. The number of hydrogen-bond donors (Lipinski definition) is 2. The maximum absolute atomic E-state index is 12.5. The molecule has 0 radical (unpaired) electrons. The van der Waals surface area contributed by atoms with Crippen LogP contribution in [0.15, 0.2) is 70.6 Å². The first-order chi connectivity index (χ1) is 17.3. The van der Waals surface area contributed by atoms with Crippen LogP contribution in [-0.4, -0.2) is 30.7 Å². The van der Waals surface area contributed by atoms with Gasteiger partial charge in [-0.2, -0.15) is 0 Å². The molecule has 0 bridgehead atoms. The van der Waals surface area contributed by atoms with Crippen molar-refractivity contribution in [2.45, 2.75) is 13.8 Å². The summed E-state index contributed by atoms with van der Waals surface area (Å²) in [7, 11) is 1.53. The number of nitrogens with one attached hydrogen (secondary N) is 2. The van der Waals surface area contributed by atoms with Gasteiger partial charge in [-0.15, -0.1) is 0 Å². The van der Waals surface area contributed by atoms with Gasteiger partial charge in [0.05, 0.1) is 21.3 Å². The van der Waals surface area contributed by atoms with Crippen LogP contribution in [-0.2, 0) is 9.59 Å². The van der Waals surface area contributed by atoms with E-state index in [1.165, 1.54) is 18.9 Å². The van der Waals surface area contributed by atoms with Gasteiger partial charge in [0.25, 0.3) is 11.8 Å². The number of rotatable bonds is 7. The number of halogens is 1. The lowest BCUT2D eigenvalue weighted by Gasteiger charge is -2.14. The summed E-state index contributed by atoms with van der Waals surface area (Å²) in [5.41, 5.74) is 4.50. The average Bonchev–Trinajstić information content (AvgIpc) is 3.19. The zero-order valence-corrected chi connectivity index (χ0v) is 22.9. The number of methoxy groups -OCH3 is 1. The Morgan fingerprint density at radius 3 is 2.42 bits per heavy atom. The highest BCUT2D eigenvalue weighted by Crippen LogP contribution is 2.36. The van der Waals surface area contributed by atoms with E-state index in [1.54, 1.807) is 12.1 Å². The number of nitrogens with zero attached hydrogens (tertiary/aromatic N) is 1. The zero-order valence-electron chi connectivity index (χ0n) is 19.9. The molecule has 0 saturated carbocycles. The van der Waals surface area contributed by atoms with Gasteiger partial charge >= 0.3 is 0 Å². The van der Waals surface area contributed by atoms with Crippen LogP contribution in [0.2, 0.25) is 0 Å². The Kier molecular flexibility index (Phi) is 8.32. The minimum absolute atomic E-state index is 0.169. The summed E-state index contributed by atoms with van der Waals surface area (Å²) in [6.07, 6.45) is 1.77. The number of hydrogen-bond acceptors (Lipinski definition) is 6. The first kappa shape index (κ1) is 25.8. The average molecular weight is 613 g/mol. The Balaban J connectivity index is 1.45. The van der Waals surface area contributed by atoms with Crippen LogP contribution in [0.5, 0.6) is 11.5 Å². The number of aliphatic imine (C=N–C) groups is 1. The number of amidine groups is 1. The Hall–Kier alpha value is -3.31. The van der Waals surface area contributed by atoms with Crippen molar-refractivity contribution in [2.24, 2.45) is 4.99 Å². The Morgan fingerprint density at radius 2 is 1.75 bits per heavy atom. The van der Waals surface area contributed by atoms with Gasteiger partial charge in [-0.25, -0.2) is 4.99 Å². The van der Waals surface area contributed by atoms with Crippen molar-refractivity contribution in [3.8, 4) is 11.5 Å². The highest BCUT2D eigenvalue weighted by atomic mass is 127. The molecule has 0 unspecified atom stereocenters. The largest absolute Gasteiger partial charge is 0.493 e. The Labute approximate surface area is 227 Å². The highest BCUT2D eigenvalue weighted by molar-refractivity contribution is 14.1. The van der Waals surface area contributed by atoms with E-state index in [1.807, 2.05) is 68.4 Å². The smallest absolute Gasteiger partial charge is 0.264 e. The fraction of sp³-hybridized carbons (Fsp3) is 0.148. The van der Waals surface area contributed by atoms with Gasteiger partial charge in [0, 0.05) is 5.69 Å². The zero-order chi connectivity index (χ0) is 25.7. The van der Waals surface area contributed by atoms with E-state index in [4.69, 9.17) is 9.47 Å². The van der Waals surface area contributed by atoms with Gasteiger partial charge < -0.3 is 20.1 Å². The second-order valence-corrected chi connectivity index (χ2v) is 10.2. The molecule has 2 amide bonds. The van der Waals surface area contributed by atoms with Gasteiger partial charge in [-0.1, -0.05) is 35.4 Å². The maximum Gasteiger partial charge on any atom is 0.264 e. The molecule has 7 nitrogen and oxygen atoms in total. The van der Waals surface area contributed by atoms with Gasteiger partial charge in [-0.05, 0) is 96.2 Å². The first-order valence-corrected chi connectivity index (χ1v) is 12.9. The SMILES string of the molecule is COc1cc(/C=C2/SC(=Nc3ccc(C)cc3)NC2=O)cc(I)c1OCC(=O)Nc1ccc(C)cc1. The number of aryl methyl sites for hydroxylation is 2. The number of anilines is 1. The molecule has 36 heavy (non-hydrogen) atoms. The molecule has 1 saturated heterocycles. The van der Waals surface area contributed by atoms with Gasteiger partial charge in [0.2, 0.25) is 0 Å². The molecule has 1 aliphatic rings. The second-order valence-electron chi connectivity index (χ2n) is 8.05. The molecule has 3 aromatic carbocycles. The molecule has 0 spiro atoms. The molecule has 1 fully saturated rings. The predicted molar refractivity (Wildman–Crippen MR) is 153 cm³/mol. The second kappa shape index (κ2) is 11.6. The van der Waals surface area contributed by atoms with Crippen molar-refractivity contribution < 1.29 is 19.1 Å². The van der Waals surface area contributed by atoms with Gasteiger partial charge in [0.15, 0.2) is 23.3 Å². The van der Waals surface area contributed by atoms with Gasteiger partial charge in [0.1, 0.15) is 0 Å². The van der Waals surface area contributed by atoms with Crippen LogP contribution < -0.4 is 20.1 Å². The van der Waals surface area contributed by atoms with Crippen molar-refractivity contribution in [1.29, 1.82) is 0 Å². The Morgan fingerprint density at radius 1 is 1.08 bits per heavy atom. The lowest BCUT2D eigenvalue weighted by Crippen LogP contribution is -2.20. The van der Waals surface area contributed by atoms with Crippen LogP contribution >= 0.6 is 34.4 Å². The van der Waals surface area contributed by atoms with Crippen LogP contribution in [0.4, 0.5) is 11.4 Å². The summed E-state index contributed by atoms with van der Waals surface area (Å²) >= 11 is 3.40. The van der Waals surface area contributed by atoms with Crippen LogP contribution in [0, 0.1) is 17.4 Å². The van der Waals surface area contributed by atoms with Crippen molar-refractivity contribution in [3.63, 3.8) is 0 Å². The molecule has 184 valence electrons. The molecule has 0 aromatic heterocycles. The third-order valence-corrected chi connectivity index (χ3v) is 6.86. The predicted octanol–water partition coefficient (Wildman–Crippen LogP) is 5.83. The summed E-state index contributed by atoms with van der Waals surface area (Å²) in [5, 5.41) is 6.14. The minimum atomic E-state index is -0.276. The van der Waals surface area contributed by atoms with Crippen LogP contribution in [0.3, 0.4) is 0 Å². The van der Waals surface area contributed by atoms with E-state index in [2.05, 4.69) is 38.2 Å². The van der Waals surface area contributed by atoms with Crippen molar-refractivity contribution in [2.75, 3.05) is 19.0 Å². The molecule has 9 heteroatoms. The summed E-state index contributed by atoms with van der Waals surface area (Å²) in [6.45, 7) is 3.83. The number of thioether (sulfide) groups is 1. The Bertz CT molecular complexity index is 1350.